The van der Waals surface area contributed by atoms with E-state index in [2.05, 4.69) is 32.8 Å². The predicted octanol–water partition coefficient (Wildman–Crippen LogP) is 3.82. The lowest BCUT2D eigenvalue weighted by Gasteiger charge is -2.21. The van der Waals surface area contributed by atoms with E-state index in [1.54, 1.807) is 0 Å². The van der Waals surface area contributed by atoms with Gasteiger partial charge >= 0.3 is 5.97 Å². The highest BCUT2D eigenvalue weighted by molar-refractivity contribution is 5.92. The summed E-state index contributed by atoms with van der Waals surface area (Å²) in [4.78, 5) is 65.1. The number of hydrogen-bond donors (Lipinski definition) is 7. The Morgan fingerprint density at radius 1 is 0.800 bits per heavy atom. The van der Waals surface area contributed by atoms with E-state index in [0.29, 0.717) is 31.5 Å². The number of imidazole rings is 1. The van der Waals surface area contributed by atoms with Gasteiger partial charge in [0, 0.05) is 31.7 Å². The fraction of sp³-hybridized carbons (Fsp3) is 0.750. The molecule has 0 spiro atoms. The smallest absolute Gasteiger partial charge is 0.326 e. The molecule has 1 heterocycles. The van der Waals surface area contributed by atoms with Crippen LogP contribution in [0.15, 0.2) is 12.5 Å². The van der Waals surface area contributed by atoms with Gasteiger partial charge in [-0.3, -0.25) is 19.2 Å². The molecule has 0 fully saturated rings. The number of carboxylic acids is 2. The molecule has 0 radical (unpaired) electrons. The number of aromatic nitrogens is 2. The Morgan fingerprint density at radius 2 is 1.36 bits per heavy atom. The third-order valence-corrected chi connectivity index (χ3v) is 7.15. The standard InChI is InChI=1S/C30H54N6O5.C2H4O2/c1-2-3-4-5-6-7-8-9-10-11-12-13-14-18-27(37)33-22-28(38)35-26(20-24-21-32-23-34-24)29(39)36-25(30(40)41)17-15-16-19-31;1-2(3)4/h21,23,25-26H,2-20,22,31H2,1H3,(H,32,34)(H,33,37)(H,35,38)(H,36,39)(H,40,41);1H3,(H,3,4). The lowest BCUT2D eigenvalue weighted by molar-refractivity contribution is -0.142. The van der Waals surface area contributed by atoms with Gasteiger partial charge < -0.3 is 36.9 Å². The summed E-state index contributed by atoms with van der Waals surface area (Å²) in [5, 5.41) is 24.6. The maximum Gasteiger partial charge on any atom is 0.326 e. The number of nitrogens with one attached hydrogen (secondary N) is 4. The van der Waals surface area contributed by atoms with Gasteiger partial charge in [0.2, 0.25) is 17.7 Å². The van der Waals surface area contributed by atoms with Crippen molar-refractivity contribution >= 4 is 29.7 Å². The summed E-state index contributed by atoms with van der Waals surface area (Å²) < 4.78 is 0. The van der Waals surface area contributed by atoms with Crippen molar-refractivity contribution < 1.29 is 34.2 Å². The average molecular weight is 639 g/mol. The molecule has 0 aliphatic heterocycles. The SMILES string of the molecule is CC(=O)O.CCCCCCCCCCCCCCCC(=O)NCC(=O)NC(Cc1cnc[nH]1)C(=O)NC(CCCCN)C(=O)O. The third kappa shape index (κ3) is 25.5. The molecule has 0 saturated carbocycles. The second kappa shape index (κ2) is 28.0. The van der Waals surface area contributed by atoms with Gasteiger partial charge in [0.25, 0.3) is 5.97 Å². The number of H-pyrrole nitrogens is 1. The Hall–Kier alpha value is -3.48. The molecule has 13 nitrogen and oxygen atoms in total. The van der Waals surface area contributed by atoms with E-state index in [9.17, 15) is 24.3 Å². The Balaban J connectivity index is 0.00000454. The van der Waals surface area contributed by atoms with Crippen LogP contribution in [-0.2, 0) is 30.4 Å². The van der Waals surface area contributed by atoms with E-state index in [-0.39, 0.29) is 25.3 Å². The number of nitrogens with zero attached hydrogens (tertiary/aromatic N) is 1. The van der Waals surface area contributed by atoms with Gasteiger partial charge in [0.05, 0.1) is 12.9 Å². The first-order valence-electron chi connectivity index (χ1n) is 16.6. The monoisotopic (exact) mass is 638 g/mol. The summed E-state index contributed by atoms with van der Waals surface area (Å²) >= 11 is 0. The van der Waals surface area contributed by atoms with Gasteiger partial charge in [0.15, 0.2) is 0 Å². The van der Waals surface area contributed by atoms with Crippen molar-refractivity contribution in [2.75, 3.05) is 13.1 Å². The zero-order valence-corrected chi connectivity index (χ0v) is 27.4. The minimum atomic E-state index is -1.15. The molecule has 2 atom stereocenters. The van der Waals surface area contributed by atoms with Crippen LogP contribution in [0.25, 0.3) is 0 Å². The van der Waals surface area contributed by atoms with E-state index in [0.717, 1.165) is 26.2 Å². The lowest BCUT2D eigenvalue weighted by atomic mass is 10.0. The number of unbranched alkanes of at least 4 members (excludes halogenated alkanes) is 13. The topological polar surface area (TPSA) is 217 Å². The van der Waals surface area contributed by atoms with Crippen LogP contribution in [0.4, 0.5) is 0 Å². The number of amides is 3. The summed E-state index contributed by atoms with van der Waals surface area (Å²) in [6.07, 6.45) is 20.8. The molecule has 45 heavy (non-hydrogen) atoms. The second-order valence-electron chi connectivity index (χ2n) is 11.4. The van der Waals surface area contributed by atoms with Crippen LogP contribution in [0.5, 0.6) is 0 Å². The molecule has 3 amide bonds. The molecule has 13 heteroatoms. The number of rotatable bonds is 26. The Labute approximate surface area is 268 Å². The molecule has 1 rings (SSSR count). The van der Waals surface area contributed by atoms with Crippen LogP contribution >= 0.6 is 0 Å². The first kappa shape index (κ1) is 41.5. The minimum Gasteiger partial charge on any atom is -0.481 e. The maximum absolute atomic E-state index is 12.9. The fourth-order valence-corrected chi connectivity index (χ4v) is 4.66. The summed E-state index contributed by atoms with van der Waals surface area (Å²) in [6, 6.07) is -2.12. The normalized spacial score (nSPS) is 11.9. The van der Waals surface area contributed by atoms with Crippen molar-refractivity contribution in [3.8, 4) is 0 Å². The van der Waals surface area contributed by atoms with Crippen LogP contribution in [0, 0.1) is 0 Å². The summed E-state index contributed by atoms with van der Waals surface area (Å²) in [5.74, 6) is -3.34. The van der Waals surface area contributed by atoms with Crippen molar-refractivity contribution in [3.05, 3.63) is 18.2 Å². The van der Waals surface area contributed by atoms with Crippen molar-refractivity contribution in [2.45, 2.75) is 142 Å². The predicted molar refractivity (Wildman–Crippen MR) is 173 cm³/mol. The number of carbonyl (C=O) groups is 5. The average Bonchev–Trinajstić information content (AvgIpc) is 3.50. The van der Waals surface area contributed by atoms with E-state index >= 15 is 0 Å². The Kier molecular flexibility index (Phi) is 25.9. The minimum absolute atomic E-state index is 0.0968. The van der Waals surface area contributed by atoms with E-state index < -0.39 is 35.8 Å². The maximum atomic E-state index is 12.9. The second-order valence-corrected chi connectivity index (χ2v) is 11.4. The van der Waals surface area contributed by atoms with Crippen LogP contribution in [0.3, 0.4) is 0 Å². The summed E-state index contributed by atoms with van der Waals surface area (Å²) in [6.45, 7) is 3.50. The number of aromatic amines is 1. The van der Waals surface area contributed by atoms with Gasteiger partial charge in [-0.25, -0.2) is 9.78 Å². The molecule has 258 valence electrons. The zero-order valence-electron chi connectivity index (χ0n) is 27.4. The van der Waals surface area contributed by atoms with Crippen molar-refractivity contribution in [3.63, 3.8) is 0 Å². The molecule has 0 saturated heterocycles. The van der Waals surface area contributed by atoms with Gasteiger partial charge in [-0.05, 0) is 32.2 Å². The molecule has 0 aliphatic carbocycles. The highest BCUT2D eigenvalue weighted by Crippen LogP contribution is 2.13. The molecule has 0 aromatic carbocycles. The number of aliphatic carboxylic acids is 2. The largest absolute Gasteiger partial charge is 0.481 e. The van der Waals surface area contributed by atoms with E-state index in [1.807, 2.05) is 0 Å². The molecular formula is C32H58N6O7. The third-order valence-electron chi connectivity index (χ3n) is 7.15. The molecule has 2 unspecified atom stereocenters. The first-order valence-corrected chi connectivity index (χ1v) is 16.6. The van der Waals surface area contributed by atoms with Crippen molar-refractivity contribution in [1.82, 2.24) is 25.9 Å². The number of hydrogen-bond acceptors (Lipinski definition) is 7. The molecular weight excluding hydrogens is 580 g/mol. The summed E-state index contributed by atoms with van der Waals surface area (Å²) in [5.41, 5.74) is 6.08. The zero-order chi connectivity index (χ0) is 33.7. The molecule has 0 aliphatic rings. The van der Waals surface area contributed by atoms with Gasteiger partial charge in [-0.15, -0.1) is 0 Å². The van der Waals surface area contributed by atoms with Crippen LogP contribution in [0.2, 0.25) is 0 Å². The Morgan fingerprint density at radius 3 is 1.84 bits per heavy atom. The molecule has 1 aromatic heterocycles. The summed E-state index contributed by atoms with van der Waals surface area (Å²) in [7, 11) is 0. The highest BCUT2D eigenvalue weighted by Gasteiger charge is 2.27. The molecule has 0 bridgehead atoms. The van der Waals surface area contributed by atoms with Crippen LogP contribution in [0.1, 0.15) is 129 Å². The van der Waals surface area contributed by atoms with Crippen molar-refractivity contribution in [1.29, 1.82) is 0 Å². The van der Waals surface area contributed by atoms with Gasteiger partial charge in [0.1, 0.15) is 12.1 Å². The van der Waals surface area contributed by atoms with Crippen molar-refractivity contribution in [2.24, 2.45) is 5.73 Å². The van der Waals surface area contributed by atoms with Crippen LogP contribution in [-0.4, -0.2) is 75.0 Å². The van der Waals surface area contributed by atoms with E-state index in [1.165, 1.54) is 76.7 Å². The quantitative estimate of drug-likeness (QED) is 0.0733. The molecule has 8 N–H and O–H groups in total. The highest BCUT2D eigenvalue weighted by atomic mass is 16.4. The lowest BCUT2D eigenvalue weighted by Crippen LogP contribution is -2.54. The Bertz CT molecular complexity index is 938. The molecule has 1 aromatic rings. The fourth-order valence-electron chi connectivity index (χ4n) is 4.66. The van der Waals surface area contributed by atoms with E-state index in [4.69, 9.17) is 15.6 Å². The number of nitrogens with two attached hydrogens (primary N) is 1. The van der Waals surface area contributed by atoms with Crippen LogP contribution < -0.4 is 21.7 Å². The van der Waals surface area contributed by atoms with Gasteiger partial charge in [-0.2, -0.15) is 0 Å². The van der Waals surface area contributed by atoms with Gasteiger partial charge in [-0.1, -0.05) is 84.0 Å². The first-order chi connectivity index (χ1) is 21.6. The number of carbonyl (C=O) groups excluding carboxylic acids is 3. The number of carboxylic acid groups (broad SMARTS) is 2.